The topological polar surface area (TPSA) is 61.9 Å². The third-order valence-electron chi connectivity index (χ3n) is 4.40. The third-order valence-corrected chi connectivity index (χ3v) is 6.40. The Labute approximate surface area is 115 Å². The van der Waals surface area contributed by atoms with Crippen molar-refractivity contribution < 1.29 is 13.2 Å². The summed E-state index contributed by atoms with van der Waals surface area (Å²) in [5.74, 6) is 0.491. The van der Waals surface area contributed by atoms with Gasteiger partial charge in [0.15, 0.2) is 0 Å². The number of fused-ring (bicyclic) bond motifs is 1. The Kier molecular flexibility index (Phi) is 3.59. The molecule has 0 aromatic heterocycles. The van der Waals surface area contributed by atoms with Crippen LogP contribution in [0.3, 0.4) is 0 Å². The average Bonchev–Trinajstić information content (AvgIpc) is 2.88. The molecule has 6 nitrogen and oxygen atoms in total. The van der Waals surface area contributed by atoms with Gasteiger partial charge in [0.1, 0.15) is 0 Å². The average molecular weight is 289 g/mol. The van der Waals surface area contributed by atoms with Gasteiger partial charge in [-0.05, 0) is 32.7 Å². The first-order valence-electron chi connectivity index (χ1n) is 7.11. The number of nitrogens with zero attached hydrogens (tertiary/aromatic N) is 2. The molecule has 3 fully saturated rings. The Morgan fingerprint density at radius 3 is 2.53 bits per heavy atom. The summed E-state index contributed by atoms with van der Waals surface area (Å²) in [7, 11) is -3.34. The van der Waals surface area contributed by atoms with Gasteiger partial charge < -0.3 is 10.1 Å². The van der Waals surface area contributed by atoms with Crippen LogP contribution in [0.1, 0.15) is 20.3 Å². The van der Waals surface area contributed by atoms with Crippen molar-refractivity contribution in [2.75, 3.05) is 32.7 Å². The SMILES string of the molecule is CC1CN(S(=O)(=O)N2CC[C@H]3CNC[C@H]32)CC(C)O1. The van der Waals surface area contributed by atoms with E-state index in [-0.39, 0.29) is 18.2 Å². The number of ether oxygens (including phenoxy) is 1. The van der Waals surface area contributed by atoms with E-state index in [4.69, 9.17) is 4.74 Å². The zero-order valence-corrected chi connectivity index (χ0v) is 12.4. The van der Waals surface area contributed by atoms with Crippen LogP contribution in [0.4, 0.5) is 0 Å². The molecular weight excluding hydrogens is 266 g/mol. The predicted molar refractivity (Wildman–Crippen MR) is 72.0 cm³/mol. The molecule has 0 bridgehead atoms. The maximum absolute atomic E-state index is 12.8. The molecule has 110 valence electrons. The monoisotopic (exact) mass is 289 g/mol. The lowest BCUT2D eigenvalue weighted by Gasteiger charge is -2.37. The van der Waals surface area contributed by atoms with Gasteiger partial charge in [-0.15, -0.1) is 0 Å². The first kappa shape index (κ1) is 13.8. The molecule has 0 spiro atoms. The van der Waals surface area contributed by atoms with Crippen molar-refractivity contribution >= 4 is 10.2 Å². The van der Waals surface area contributed by atoms with E-state index in [0.717, 1.165) is 19.5 Å². The fourth-order valence-electron chi connectivity index (χ4n) is 3.56. The second kappa shape index (κ2) is 4.96. The van der Waals surface area contributed by atoms with Gasteiger partial charge in [-0.25, -0.2) is 0 Å². The van der Waals surface area contributed by atoms with E-state index < -0.39 is 10.2 Å². The molecule has 0 aromatic carbocycles. The normalized spacial score (nSPS) is 41.6. The van der Waals surface area contributed by atoms with E-state index in [1.807, 2.05) is 13.8 Å². The molecule has 3 aliphatic heterocycles. The van der Waals surface area contributed by atoms with E-state index in [0.29, 0.717) is 25.6 Å². The highest BCUT2D eigenvalue weighted by molar-refractivity contribution is 7.86. The Morgan fingerprint density at radius 1 is 1.16 bits per heavy atom. The number of nitrogens with one attached hydrogen (secondary N) is 1. The van der Waals surface area contributed by atoms with E-state index >= 15 is 0 Å². The lowest BCUT2D eigenvalue weighted by molar-refractivity contribution is -0.0455. The highest BCUT2D eigenvalue weighted by Gasteiger charge is 2.46. The van der Waals surface area contributed by atoms with Crippen LogP contribution in [0.15, 0.2) is 0 Å². The van der Waals surface area contributed by atoms with Gasteiger partial charge in [0.2, 0.25) is 0 Å². The summed E-state index contributed by atoms with van der Waals surface area (Å²) in [6.07, 6.45) is 0.920. The molecule has 0 amide bonds. The van der Waals surface area contributed by atoms with Crippen LogP contribution in [0.2, 0.25) is 0 Å². The zero-order valence-electron chi connectivity index (χ0n) is 11.6. The molecule has 1 N–H and O–H groups in total. The zero-order chi connectivity index (χ0) is 13.6. The predicted octanol–water partition coefficient (Wildman–Crippen LogP) is -0.366. The number of morpholine rings is 1. The molecule has 0 saturated carbocycles. The minimum absolute atomic E-state index is 0.0290. The number of rotatable bonds is 2. The summed E-state index contributed by atoms with van der Waals surface area (Å²) in [4.78, 5) is 0. The van der Waals surface area contributed by atoms with Gasteiger partial charge in [-0.2, -0.15) is 17.0 Å². The minimum atomic E-state index is -3.34. The first-order valence-corrected chi connectivity index (χ1v) is 8.51. The Balaban J connectivity index is 1.78. The molecular formula is C12H23N3O3S. The first-order chi connectivity index (χ1) is 8.98. The van der Waals surface area contributed by atoms with Crippen LogP contribution in [0, 0.1) is 5.92 Å². The van der Waals surface area contributed by atoms with Crippen molar-refractivity contribution in [1.29, 1.82) is 0 Å². The number of hydrogen-bond acceptors (Lipinski definition) is 4. The molecule has 3 rings (SSSR count). The second-order valence-corrected chi connectivity index (χ2v) is 7.85. The highest BCUT2D eigenvalue weighted by atomic mass is 32.2. The van der Waals surface area contributed by atoms with Gasteiger partial charge in [0.05, 0.1) is 12.2 Å². The molecule has 19 heavy (non-hydrogen) atoms. The van der Waals surface area contributed by atoms with E-state index in [1.165, 1.54) is 0 Å². The Morgan fingerprint density at radius 2 is 1.84 bits per heavy atom. The van der Waals surface area contributed by atoms with Crippen molar-refractivity contribution in [2.45, 2.75) is 38.5 Å². The molecule has 3 heterocycles. The van der Waals surface area contributed by atoms with Crippen LogP contribution >= 0.6 is 0 Å². The van der Waals surface area contributed by atoms with Crippen molar-refractivity contribution in [1.82, 2.24) is 13.9 Å². The summed E-state index contributed by atoms with van der Waals surface area (Å²) in [6.45, 7) is 7.21. The summed E-state index contributed by atoms with van der Waals surface area (Å²) in [6, 6.07) is 0.151. The maximum Gasteiger partial charge on any atom is 0.282 e. The van der Waals surface area contributed by atoms with Crippen LogP contribution in [0.5, 0.6) is 0 Å². The minimum Gasteiger partial charge on any atom is -0.373 e. The van der Waals surface area contributed by atoms with Crippen LogP contribution in [-0.2, 0) is 14.9 Å². The summed E-state index contributed by atoms with van der Waals surface area (Å²) >= 11 is 0. The molecule has 0 aliphatic carbocycles. The van der Waals surface area contributed by atoms with Crippen LogP contribution < -0.4 is 5.32 Å². The fraction of sp³-hybridized carbons (Fsp3) is 1.00. The van der Waals surface area contributed by atoms with Crippen LogP contribution in [-0.4, -0.2) is 68.0 Å². The van der Waals surface area contributed by atoms with Crippen molar-refractivity contribution in [3.63, 3.8) is 0 Å². The smallest absolute Gasteiger partial charge is 0.282 e. The standard InChI is InChI=1S/C12H23N3O3S/c1-9-7-14(8-10(2)18-9)19(16,17)15-4-3-11-5-13-6-12(11)15/h9-13H,3-8H2,1-2H3/t9?,10?,11-,12+/m0/s1. The molecule has 4 atom stereocenters. The molecule has 3 aliphatic rings. The van der Waals surface area contributed by atoms with E-state index in [2.05, 4.69) is 5.32 Å². The summed E-state index contributed by atoms with van der Waals surface area (Å²) in [5.41, 5.74) is 0. The van der Waals surface area contributed by atoms with Gasteiger partial charge in [0.25, 0.3) is 10.2 Å². The van der Waals surface area contributed by atoms with Gasteiger partial charge >= 0.3 is 0 Å². The molecule has 3 saturated heterocycles. The third kappa shape index (κ3) is 2.42. The van der Waals surface area contributed by atoms with Gasteiger partial charge in [-0.1, -0.05) is 0 Å². The molecule has 2 unspecified atom stereocenters. The molecule has 0 radical (unpaired) electrons. The van der Waals surface area contributed by atoms with Gasteiger partial charge in [-0.3, -0.25) is 0 Å². The molecule has 0 aromatic rings. The highest BCUT2D eigenvalue weighted by Crippen LogP contribution is 2.31. The lowest BCUT2D eigenvalue weighted by atomic mass is 10.1. The van der Waals surface area contributed by atoms with E-state index in [1.54, 1.807) is 8.61 Å². The van der Waals surface area contributed by atoms with Crippen LogP contribution in [0.25, 0.3) is 0 Å². The Hall–Kier alpha value is -0.210. The summed E-state index contributed by atoms with van der Waals surface area (Å²) in [5, 5.41) is 3.30. The Bertz CT molecular complexity index is 432. The maximum atomic E-state index is 12.8. The van der Waals surface area contributed by atoms with Crippen molar-refractivity contribution in [3.05, 3.63) is 0 Å². The lowest BCUT2D eigenvalue weighted by Crippen LogP contribution is -2.54. The quantitative estimate of drug-likeness (QED) is 0.754. The van der Waals surface area contributed by atoms with Crippen molar-refractivity contribution in [3.8, 4) is 0 Å². The summed E-state index contributed by atoms with van der Waals surface area (Å²) < 4.78 is 34.5. The van der Waals surface area contributed by atoms with Gasteiger partial charge in [0, 0.05) is 32.2 Å². The molecule has 7 heteroatoms. The second-order valence-electron chi connectivity index (χ2n) is 5.97. The van der Waals surface area contributed by atoms with E-state index in [9.17, 15) is 8.42 Å². The number of hydrogen-bond donors (Lipinski definition) is 1. The van der Waals surface area contributed by atoms with Crippen molar-refractivity contribution in [2.24, 2.45) is 5.92 Å². The largest absolute Gasteiger partial charge is 0.373 e. The fourth-order valence-corrected chi connectivity index (χ4v) is 5.58.